The van der Waals surface area contributed by atoms with Gasteiger partial charge in [0, 0.05) is 12.4 Å². The maximum absolute atomic E-state index is 10.6. The van der Waals surface area contributed by atoms with Crippen LogP contribution in [0.25, 0.3) is 5.65 Å². The quantitative estimate of drug-likeness (QED) is 0.404. The zero-order chi connectivity index (χ0) is 10.1. The van der Waals surface area contributed by atoms with Gasteiger partial charge in [-0.2, -0.15) is 0 Å². The van der Waals surface area contributed by atoms with Crippen molar-refractivity contribution in [2.24, 2.45) is 0 Å². The molecule has 14 heavy (non-hydrogen) atoms. The second-order valence-electron chi connectivity index (χ2n) is 2.68. The first-order valence-electron chi connectivity index (χ1n) is 3.78. The Morgan fingerprint density at radius 1 is 1.57 bits per heavy atom. The number of aldehydes is 1. The molecule has 2 heterocycles. The Bertz CT molecular complexity index is 518. The molecule has 0 aliphatic rings. The normalized spacial score (nSPS) is 10.3. The molecule has 0 N–H and O–H groups in total. The second kappa shape index (κ2) is 2.91. The zero-order valence-corrected chi connectivity index (χ0v) is 6.95. The summed E-state index contributed by atoms with van der Waals surface area (Å²) < 4.78 is 1.49. The molecule has 6 nitrogen and oxygen atoms in total. The largest absolute Gasteiger partial charge is 0.300 e. The molecule has 0 aromatic carbocycles. The fraction of sp³-hybridized carbons (Fsp3) is 0. The summed E-state index contributed by atoms with van der Waals surface area (Å²) in [6.07, 6.45) is 4.81. The van der Waals surface area contributed by atoms with Gasteiger partial charge in [-0.05, 0) is 6.07 Å². The molecule has 2 aromatic rings. The smallest absolute Gasteiger partial charge is 0.296 e. The Labute approximate surface area is 77.9 Å². The van der Waals surface area contributed by atoms with Crippen molar-refractivity contribution < 1.29 is 9.72 Å². The molecule has 0 amide bonds. The number of imidazole rings is 1. The first-order valence-corrected chi connectivity index (χ1v) is 3.78. The van der Waals surface area contributed by atoms with Gasteiger partial charge in [0.15, 0.2) is 6.29 Å². The first kappa shape index (κ1) is 8.36. The number of carbonyl (C=O) groups is 1. The van der Waals surface area contributed by atoms with E-state index in [2.05, 4.69) is 4.98 Å². The Hall–Kier alpha value is -2.24. The third-order valence-corrected chi connectivity index (χ3v) is 1.86. The molecule has 0 atom stereocenters. The van der Waals surface area contributed by atoms with Gasteiger partial charge in [0.2, 0.25) is 0 Å². The van der Waals surface area contributed by atoms with Gasteiger partial charge in [0.1, 0.15) is 5.65 Å². The lowest BCUT2D eigenvalue weighted by Gasteiger charge is -1.97. The van der Waals surface area contributed by atoms with Gasteiger partial charge in [-0.25, -0.2) is 4.98 Å². The Morgan fingerprint density at radius 3 is 3.00 bits per heavy atom. The summed E-state index contributed by atoms with van der Waals surface area (Å²) in [7, 11) is 0. The van der Waals surface area contributed by atoms with Crippen molar-refractivity contribution in [3.05, 3.63) is 40.3 Å². The van der Waals surface area contributed by atoms with Gasteiger partial charge in [-0.3, -0.25) is 14.9 Å². The van der Waals surface area contributed by atoms with Crippen molar-refractivity contribution in [1.29, 1.82) is 0 Å². The maximum atomic E-state index is 10.6. The average molecular weight is 191 g/mol. The number of aromatic nitrogens is 2. The molecule has 0 radical (unpaired) electrons. The van der Waals surface area contributed by atoms with Crippen LogP contribution in [0.2, 0.25) is 0 Å². The molecule has 0 saturated heterocycles. The highest BCUT2D eigenvalue weighted by molar-refractivity contribution is 5.82. The molecule has 0 saturated carbocycles. The zero-order valence-electron chi connectivity index (χ0n) is 6.95. The van der Waals surface area contributed by atoms with E-state index >= 15 is 0 Å². The van der Waals surface area contributed by atoms with E-state index in [1.165, 1.54) is 22.9 Å². The number of hydrogen-bond acceptors (Lipinski definition) is 4. The van der Waals surface area contributed by atoms with Crippen LogP contribution in [0.15, 0.2) is 24.7 Å². The molecule has 0 aliphatic carbocycles. The minimum absolute atomic E-state index is 0.0358. The lowest BCUT2D eigenvalue weighted by molar-refractivity contribution is -0.385. The molecule has 0 bridgehead atoms. The SMILES string of the molecule is O=Cc1cc2nccn2cc1[N+](=O)[O-]. The van der Waals surface area contributed by atoms with Crippen LogP contribution >= 0.6 is 0 Å². The lowest BCUT2D eigenvalue weighted by Crippen LogP contribution is -1.97. The van der Waals surface area contributed by atoms with Crippen molar-refractivity contribution in [1.82, 2.24) is 9.38 Å². The minimum atomic E-state index is -0.594. The van der Waals surface area contributed by atoms with E-state index < -0.39 is 4.92 Å². The minimum Gasteiger partial charge on any atom is -0.300 e. The standard InChI is InChI=1S/C8H5N3O3/c12-5-6-3-8-9-1-2-10(8)4-7(6)11(13)14/h1-5H. The summed E-state index contributed by atoms with van der Waals surface area (Å²) in [5.74, 6) is 0. The maximum Gasteiger partial charge on any atom is 0.296 e. The predicted octanol–water partition coefficient (Wildman–Crippen LogP) is 1.05. The van der Waals surface area contributed by atoms with Crippen LogP contribution in [0.4, 0.5) is 5.69 Å². The monoisotopic (exact) mass is 191 g/mol. The lowest BCUT2D eigenvalue weighted by atomic mass is 10.2. The average Bonchev–Trinajstić information content (AvgIpc) is 2.62. The third-order valence-electron chi connectivity index (χ3n) is 1.86. The Kier molecular flexibility index (Phi) is 1.74. The summed E-state index contributed by atoms with van der Waals surface area (Å²) in [5, 5.41) is 10.6. The highest BCUT2D eigenvalue weighted by Crippen LogP contribution is 2.17. The van der Waals surface area contributed by atoms with Crippen molar-refractivity contribution in [3.8, 4) is 0 Å². The molecule has 0 fully saturated rings. The van der Waals surface area contributed by atoms with Crippen LogP contribution in [0.1, 0.15) is 10.4 Å². The Balaban J connectivity index is 2.78. The highest BCUT2D eigenvalue weighted by atomic mass is 16.6. The van der Waals surface area contributed by atoms with Crippen molar-refractivity contribution >= 4 is 17.6 Å². The predicted molar refractivity (Wildman–Crippen MR) is 47.2 cm³/mol. The van der Waals surface area contributed by atoms with Crippen LogP contribution in [0, 0.1) is 10.1 Å². The van der Waals surface area contributed by atoms with Crippen LogP contribution < -0.4 is 0 Å². The van der Waals surface area contributed by atoms with Gasteiger partial charge in [0.05, 0.1) is 16.7 Å². The number of nitro groups is 1. The molecule has 2 aromatic heterocycles. The van der Waals surface area contributed by atoms with Crippen LogP contribution in [0.3, 0.4) is 0 Å². The molecule has 2 rings (SSSR count). The molecule has 0 spiro atoms. The van der Waals surface area contributed by atoms with Crippen molar-refractivity contribution in [3.63, 3.8) is 0 Å². The van der Waals surface area contributed by atoms with Gasteiger partial charge >= 0.3 is 0 Å². The van der Waals surface area contributed by atoms with E-state index in [-0.39, 0.29) is 11.3 Å². The molecule has 70 valence electrons. The van der Waals surface area contributed by atoms with E-state index in [1.54, 1.807) is 6.20 Å². The van der Waals surface area contributed by atoms with Gasteiger partial charge in [-0.15, -0.1) is 0 Å². The fourth-order valence-corrected chi connectivity index (χ4v) is 1.21. The van der Waals surface area contributed by atoms with Crippen LogP contribution in [-0.4, -0.2) is 20.6 Å². The summed E-state index contributed by atoms with van der Waals surface area (Å²) in [5.41, 5.74) is 0.330. The molecule has 0 aliphatic heterocycles. The van der Waals surface area contributed by atoms with E-state index in [1.807, 2.05) is 0 Å². The molecule has 6 heteroatoms. The number of rotatable bonds is 2. The van der Waals surface area contributed by atoms with E-state index in [0.717, 1.165) is 0 Å². The van der Waals surface area contributed by atoms with Crippen LogP contribution in [0.5, 0.6) is 0 Å². The second-order valence-corrected chi connectivity index (χ2v) is 2.68. The molecular formula is C8H5N3O3. The number of pyridine rings is 1. The molecular weight excluding hydrogens is 186 g/mol. The van der Waals surface area contributed by atoms with Crippen molar-refractivity contribution in [2.45, 2.75) is 0 Å². The summed E-state index contributed by atoms with van der Waals surface area (Å²) in [6.45, 7) is 0. The first-order chi connectivity index (χ1) is 6.72. The van der Waals surface area contributed by atoms with E-state index in [4.69, 9.17) is 0 Å². The topological polar surface area (TPSA) is 77.5 Å². The van der Waals surface area contributed by atoms with E-state index in [9.17, 15) is 14.9 Å². The third kappa shape index (κ3) is 1.13. The molecule has 0 unspecified atom stereocenters. The van der Waals surface area contributed by atoms with Crippen LogP contribution in [-0.2, 0) is 0 Å². The highest BCUT2D eigenvalue weighted by Gasteiger charge is 2.14. The number of nitrogens with zero attached hydrogens (tertiary/aromatic N) is 3. The van der Waals surface area contributed by atoms with E-state index in [0.29, 0.717) is 11.9 Å². The van der Waals surface area contributed by atoms with Gasteiger partial charge < -0.3 is 4.40 Å². The van der Waals surface area contributed by atoms with Gasteiger partial charge in [-0.1, -0.05) is 0 Å². The number of carbonyl (C=O) groups excluding carboxylic acids is 1. The summed E-state index contributed by atoms with van der Waals surface area (Å²) >= 11 is 0. The summed E-state index contributed by atoms with van der Waals surface area (Å²) in [6, 6.07) is 1.38. The number of hydrogen-bond donors (Lipinski definition) is 0. The van der Waals surface area contributed by atoms with Gasteiger partial charge in [0.25, 0.3) is 5.69 Å². The Morgan fingerprint density at radius 2 is 2.36 bits per heavy atom. The summed E-state index contributed by atoms with van der Waals surface area (Å²) in [4.78, 5) is 24.4. The number of fused-ring (bicyclic) bond motifs is 1. The fourth-order valence-electron chi connectivity index (χ4n) is 1.21. The van der Waals surface area contributed by atoms with Crippen molar-refractivity contribution in [2.75, 3.05) is 0 Å².